The molecule has 0 aliphatic heterocycles. The molecule has 0 amide bonds. The molecule has 0 heterocycles. The van der Waals surface area contributed by atoms with Gasteiger partial charge in [-0.3, -0.25) is 0 Å². The lowest BCUT2D eigenvalue weighted by molar-refractivity contribution is -0.131. The van der Waals surface area contributed by atoms with Crippen LogP contribution in [0.25, 0.3) is 6.08 Å². The predicted octanol–water partition coefficient (Wildman–Crippen LogP) is 2.44. The van der Waals surface area contributed by atoms with Crippen LogP contribution in [0.4, 0.5) is 0 Å². The summed E-state index contributed by atoms with van der Waals surface area (Å²) in [5.41, 5.74) is 0.834. The fourth-order valence-electron chi connectivity index (χ4n) is 0.898. The van der Waals surface area contributed by atoms with E-state index in [4.69, 9.17) is 9.29 Å². The minimum absolute atomic E-state index is 0.755. The van der Waals surface area contributed by atoms with Crippen molar-refractivity contribution in [2.75, 3.05) is 6.26 Å². The lowest BCUT2D eigenvalue weighted by Crippen LogP contribution is -1.85. The number of carbonyl (C=O) groups is 1. The molecule has 0 bridgehead atoms. The van der Waals surface area contributed by atoms with Crippen molar-refractivity contribution < 1.29 is 14.1 Å². The molecular weight excluding hydrogens is 200 g/mol. The zero-order chi connectivity index (χ0) is 10.4. The standard InChI is InChI=1S/C10H10O3S/c1-14-13-9-5-2-8(3-6-9)4-7-10(11)12/h2-7H,1H3,(H,11,12)/b7-4+. The Bertz CT molecular complexity index is 330. The minimum atomic E-state index is -0.950. The quantitative estimate of drug-likeness (QED) is 0.612. The molecule has 1 aromatic carbocycles. The van der Waals surface area contributed by atoms with E-state index < -0.39 is 5.97 Å². The number of hydrogen-bond donors (Lipinski definition) is 1. The first-order valence-electron chi connectivity index (χ1n) is 3.94. The Labute approximate surface area is 86.6 Å². The first-order chi connectivity index (χ1) is 6.72. The Balaban J connectivity index is 2.68. The van der Waals surface area contributed by atoms with Crippen molar-refractivity contribution in [3.8, 4) is 5.75 Å². The van der Waals surface area contributed by atoms with Crippen molar-refractivity contribution in [3.63, 3.8) is 0 Å². The van der Waals surface area contributed by atoms with Gasteiger partial charge in [-0.1, -0.05) is 12.1 Å². The van der Waals surface area contributed by atoms with Crippen LogP contribution in [-0.2, 0) is 4.79 Å². The molecule has 0 saturated carbocycles. The van der Waals surface area contributed by atoms with Crippen LogP contribution in [0.1, 0.15) is 5.56 Å². The second-order valence-electron chi connectivity index (χ2n) is 2.49. The van der Waals surface area contributed by atoms with E-state index in [1.54, 1.807) is 24.3 Å². The van der Waals surface area contributed by atoms with Crippen molar-refractivity contribution in [2.45, 2.75) is 0 Å². The SMILES string of the molecule is CSOc1ccc(/C=C/C(=O)O)cc1. The summed E-state index contributed by atoms with van der Waals surface area (Å²) < 4.78 is 5.16. The summed E-state index contributed by atoms with van der Waals surface area (Å²) in [6.45, 7) is 0. The van der Waals surface area contributed by atoms with Crippen molar-refractivity contribution in [3.05, 3.63) is 35.9 Å². The summed E-state index contributed by atoms with van der Waals surface area (Å²) in [6, 6.07) is 7.17. The number of aliphatic carboxylic acids is 1. The van der Waals surface area contributed by atoms with Gasteiger partial charge >= 0.3 is 5.97 Å². The van der Waals surface area contributed by atoms with E-state index in [2.05, 4.69) is 0 Å². The predicted molar refractivity (Wildman–Crippen MR) is 57.3 cm³/mol. The number of carboxylic acid groups (broad SMARTS) is 1. The van der Waals surface area contributed by atoms with Gasteiger partial charge in [0.15, 0.2) is 0 Å². The third-order valence-electron chi connectivity index (χ3n) is 1.48. The van der Waals surface area contributed by atoms with E-state index in [0.29, 0.717) is 0 Å². The molecule has 0 fully saturated rings. The Morgan fingerprint density at radius 1 is 1.43 bits per heavy atom. The molecule has 0 aliphatic carbocycles. The van der Waals surface area contributed by atoms with E-state index in [9.17, 15) is 4.79 Å². The Morgan fingerprint density at radius 2 is 2.07 bits per heavy atom. The number of carboxylic acids is 1. The second-order valence-corrected chi connectivity index (χ2v) is 2.99. The highest BCUT2D eigenvalue weighted by Gasteiger charge is 1.92. The minimum Gasteiger partial charge on any atom is -0.478 e. The summed E-state index contributed by atoms with van der Waals surface area (Å²) in [5.74, 6) is -0.195. The van der Waals surface area contributed by atoms with Crippen LogP contribution in [0.3, 0.4) is 0 Å². The summed E-state index contributed by atoms with van der Waals surface area (Å²) >= 11 is 1.27. The zero-order valence-corrected chi connectivity index (χ0v) is 8.45. The monoisotopic (exact) mass is 210 g/mol. The van der Waals surface area contributed by atoms with Crippen molar-refractivity contribution in [1.29, 1.82) is 0 Å². The average Bonchev–Trinajstić information content (AvgIpc) is 2.17. The summed E-state index contributed by atoms with van der Waals surface area (Å²) in [5, 5.41) is 8.40. The number of benzene rings is 1. The van der Waals surface area contributed by atoms with Crippen molar-refractivity contribution in [1.82, 2.24) is 0 Å². The molecule has 3 nitrogen and oxygen atoms in total. The first kappa shape index (κ1) is 10.7. The van der Waals surface area contributed by atoms with Crippen LogP contribution in [0.5, 0.6) is 5.75 Å². The average molecular weight is 210 g/mol. The summed E-state index contributed by atoms with van der Waals surface area (Å²) in [6.07, 6.45) is 4.47. The van der Waals surface area contributed by atoms with E-state index in [-0.39, 0.29) is 0 Å². The van der Waals surface area contributed by atoms with Gasteiger partial charge in [-0.15, -0.1) is 0 Å². The maximum absolute atomic E-state index is 10.2. The molecule has 1 aromatic rings. The second kappa shape index (κ2) is 5.34. The fourth-order valence-corrected chi connectivity index (χ4v) is 1.20. The van der Waals surface area contributed by atoms with Crippen LogP contribution in [-0.4, -0.2) is 17.3 Å². The van der Waals surface area contributed by atoms with E-state index in [1.165, 1.54) is 18.1 Å². The fraction of sp³-hybridized carbons (Fsp3) is 0.100. The molecule has 0 radical (unpaired) electrons. The Morgan fingerprint density at radius 3 is 2.57 bits per heavy atom. The third-order valence-corrected chi connectivity index (χ3v) is 1.84. The van der Waals surface area contributed by atoms with E-state index >= 15 is 0 Å². The van der Waals surface area contributed by atoms with Gasteiger partial charge < -0.3 is 9.29 Å². The van der Waals surface area contributed by atoms with Gasteiger partial charge in [-0.05, 0) is 23.8 Å². The van der Waals surface area contributed by atoms with Gasteiger partial charge in [0.05, 0.1) is 12.0 Å². The third kappa shape index (κ3) is 3.53. The van der Waals surface area contributed by atoms with Gasteiger partial charge in [0.1, 0.15) is 5.75 Å². The Kier molecular flexibility index (Phi) is 4.07. The molecule has 74 valence electrons. The van der Waals surface area contributed by atoms with Crippen LogP contribution in [0, 0.1) is 0 Å². The molecule has 14 heavy (non-hydrogen) atoms. The number of hydrogen-bond acceptors (Lipinski definition) is 3. The normalized spacial score (nSPS) is 10.4. The number of rotatable bonds is 4. The molecule has 0 aliphatic rings. The van der Waals surface area contributed by atoms with Gasteiger partial charge in [0, 0.05) is 12.3 Å². The molecule has 4 heteroatoms. The highest BCUT2D eigenvalue weighted by atomic mass is 32.2. The summed E-state index contributed by atoms with van der Waals surface area (Å²) in [7, 11) is 0. The van der Waals surface area contributed by atoms with Crippen LogP contribution >= 0.6 is 12.0 Å². The van der Waals surface area contributed by atoms with Gasteiger partial charge in [0.2, 0.25) is 0 Å². The maximum Gasteiger partial charge on any atom is 0.328 e. The van der Waals surface area contributed by atoms with Gasteiger partial charge in [-0.2, -0.15) is 0 Å². The van der Waals surface area contributed by atoms with Crippen LogP contribution < -0.4 is 4.18 Å². The maximum atomic E-state index is 10.2. The smallest absolute Gasteiger partial charge is 0.328 e. The van der Waals surface area contributed by atoms with Crippen LogP contribution in [0.15, 0.2) is 30.3 Å². The lowest BCUT2D eigenvalue weighted by Gasteiger charge is -1.99. The molecular formula is C10H10O3S. The van der Waals surface area contributed by atoms with Gasteiger partial charge in [-0.25, -0.2) is 4.79 Å². The van der Waals surface area contributed by atoms with Gasteiger partial charge in [0.25, 0.3) is 0 Å². The molecule has 1 rings (SSSR count). The van der Waals surface area contributed by atoms with Crippen molar-refractivity contribution in [2.24, 2.45) is 0 Å². The molecule has 0 spiro atoms. The van der Waals surface area contributed by atoms with E-state index in [0.717, 1.165) is 17.4 Å². The van der Waals surface area contributed by atoms with E-state index in [1.807, 2.05) is 6.26 Å². The highest BCUT2D eigenvalue weighted by molar-refractivity contribution is 7.94. The highest BCUT2D eigenvalue weighted by Crippen LogP contribution is 2.16. The Hall–Kier alpha value is -1.42. The molecule has 0 aromatic heterocycles. The molecule has 0 unspecified atom stereocenters. The topological polar surface area (TPSA) is 46.5 Å². The molecule has 0 saturated heterocycles. The van der Waals surface area contributed by atoms with Crippen molar-refractivity contribution >= 4 is 24.1 Å². The zero-order valence-electron chi connectivity index (χ0n) is 7.64. The first-order valence-corrected chi connectivity index (χ1v) is 5.09. The summed E-state index contributed by atoms with van der Waals surface area (Å²) in [4.78, 5) is 10.2. The lowest BCUT2D eigenvalue weighted by atomic mass is 10.2. The van der Waals surface area contributed by atoms with Crippen LogP contribution in [0.2, 0.25) is 0 Å². The molecule has 1 N–H and O–H groups in total. The molecule has 0 atom stereocenters. The largest absolute Gasteiger partial charge is 0.478 e.